The molecule has 6 heteroatoms. The van der Waals surface area contributed by atoms with Gasteiger partial charge in [0.1, 0.15) is 18.3 Å². The molecule has 1 rings (SSSR count). The molecule has 0 spiro atoms. The zero-order chi connectivity index (χ0) is 22.0. The first-order valence-electron chi connectivity index (χ1n) is 12.3. The highest BCUT2D eigenvalue weighted by atomic mass is 16.6. The number of hydrogen-bond donors (Lipinski definition) is 5. The molecular formula is C24H47NO5. The molecule has 30 heavy (non-hydrogen) atoms. The van der Waals surface area contributed by atoms with Gasteiger partial charge in [0.05, 0.1) is 12.6 Å². The SMILES string of the molecule is CCCCCCCC/C=C\CCCCCCCCN[C@H]1C(O)O[C@H](CO)[C@@H](O)[C@@H]1O. The highest BCUT2D eigenvalue weighted by Crippen LogP contribution is 2.19. The van der Waals surface area contributed by atoms with Crippen LogP contribution in [0.3, 0.4) is 0 Å². The second-order valence-electron chi connectivity index (χ2n) is 8.65. The number of hydrogen-bond acceptors (Lipinski definition) is 6. The van der Waals surface area contributed by atoms with E-state index in [1.807, 2.05) is 0 Å². The van der Waals surface area contributed by atoms with E-state index in [1.54, 1.807) is 0 Å². The van der Waals surface area contributed by atoms with Gasteiger partial charge in [-0.2, -0.15) is 0 Å². The highest BCUT2D eigenvalue weighted by Gasteiger charge is 2.43. The van der Waals surface area contributed by atoms with Crippen LogP contribution in [0.25, 0.3) is 0 Å². The quantitative estimate of drug-likeness (QED) is 0.169. The zero-order valence-corrected chi connectivity index (χ0v) is 19.1. The lowest BCUT2D eigenvalue weighted by molar-refractivity contribution is -0.254. The molecule has 0 radical (unpaired) electrons. The molecule has 1 aliphatic rings. The third-order valence-corrected chi connectivity index (χ3v) is 5.97. The Morgan fingerprint density at radius 1 is 0.733 bits per heavy atom. The second-order valence-corrected chi connectivity index (χ2v) is 8.65. The van der Waals surface area contributed by atoms with Crippen molar-refractivity contribution >= 4 is 0 Å². The predicted octanol–water partition coefficient (Wildman–Crippen LogP) is 3.41. The first kappa shape index (κ1) is 27.5. The molecular weight excluding hydrogens is 382 g/mol. The van der Waals surface area contributed by atoms with Crippen molar-refractivity contribution in [1.82, 2.24) is 5.32 Å². The molecule has 178 valence electrons. The lowest BCUT2D eigenvalue weighted by Gasteiger charge is -2.40. The molecule has 1 heterocycles. The van der Waals surface area contributed by atoms with Gasteiger partial charge in [0.25, 0.3) is 0 Å². The van der Waals surface area contributed by atoms with Crippen LogP contribution in [0.4, 0.5) is 0 Å². The Morgan fingerprint density at radius 3 is 1.83 bits per heavy atom. The smallest absolute Gasteiger partial charge is 0.173 e. The monoisotopic (exact) mass is 429 g/mol. The molecule has 1 aliphatic heterocycles. The summed E-state index contributed by atoms with van der Waals surface area (Å²) in [4.78, 5) is 0. The van der Waals surface area contributed by atoms with Gasteiger partial charge in [0, 0.05) is 0 Å². The molecule has 6 nitrogen and oxygen atoms in total. The summed E-state index contributed by atoms with van der Waals surface area (Å²) in [6, 6.07) is -0.731. The highest BCUT2D eigenvalue weighted by molar-refractivity contribution is 4.92. The largest absolute Gasteiger partial charge is 0.394 e. The van der Waals surface area contributed by atoms with E-state index in [2.05, 4.69) is 24.4 Å². The van der Waals surface area contributed by atoms with Crippen LogP contribution in [-0.4, -0.2) is 64.2 Å². The maximum Gasteiger partial charge on any atom is 0.173 e. The van der Waals surface area contributed by atoms with Crippen LogP contribution in [0.2, 0.25) is 0 Å². The van der Waals surface area contributed by atoms with E-state index in [4.69, 9.17) is 9.84 Å². The van der Waals surface area contributed by atoms with Gasteiger partial charge in [-0.1, -0.05) is 76.9 Å². The number of aliphatic hydroxyl groups excluding tert-OH is 4. The number of ether oxygens (including phenoxy) is 1. The van der Waals surface area contributed by atoms with Gasteiger partial charge >= 0.3 is 0 Å². The normalized spacial score (nSPS) is 27.2. The van der Waals surface area contributed by atoms with E-state index in [-0.39, 0.29) is 0 Å². The van der Waals surface area contributed by atoms with E-state index in [0.717, 1.165) is 12.8 Å². The van der Waals surface area contributed by atoms with Crippen LogP contribution in [0.1, 0.15) is 96.8 Å². The van der Waals surface area contributed by atoms with Crippen molar-refractivity contribution in [2.45, 2.75) is 127 Å². The fourth-order valence-corrected chi connectivity index (χ4v) is 3.96. The van der Waals surface area contributed by atoms with Crippen molar-refractivity contribution in [2.24, 2.45) is 0 Å². The number of aliphatic hydroxyl groups is 4. The summed E-state index contributed by atoms with van der Waals surface area (Å²) in [6.45, 7) is 2.48. The van der Waals surface area contributed by atoms with Gasteiger partial charge in [0.2, 0.25) is 0 Å². The summed E-state index contributed by atoms with van der Waals surface area (Å²) in [5.41, 5.74) is 0. The summed E-state index contributed by atoms with van der Waals surface area (Å²) in [6.07, 6.45) is 17.8. The fraction of sp³-hybridized carbons (Fsp3) is 0.917. The van der Waals surface area contributed by atoms with E-state index in [0.29, 0.717) is 6.54 Å². The Hall–Kier alpha value is -0.500. The van der Waals surface area contributed by atoms with Gasteiger partial charge < -0.3 is 30.5 Å². The van der Waals surface area contributed by atoms with Gasteiger partial charge in [-0.3, -0.25) is 0 Å². The molecule has 5 atom stereocenters. The Balaban J connectivity index is 1.90. The first-order chi connectivity index (χ1) is 14.6. The Labute approximate surface area is 183 Å². The molecule has 5 N–H and O–H groups in total. The Kier molecular flexibility index (Phi) is 16.6. The van der Waals surface area contributed by atoms with Crippen LogP contribution < -0.4 is 5.32 Å². The molecule has 0 aromatic carbocycles. The molecule has 0 aliphatic carbocycles. The molecule has 1 saturated heterocycles. The van der Waals surface area contributed by atoms with Crippen LogP contribution in [0.15, 0.2) is 12.2 Å². The molecule has 0 aromatic rings. The van der Waals surface area contributed by atoms with E-state index in [9.17, 15) is 15.3 Å². The lowest BCUT2D eigenvalue weighted by Crippen LogP contribution is -2.63. The molecule has 0 amide bonds. The van der Waals surface area contributed by atoms with Crippen LogP contribution >= 0.6 is 0 Å². The van der Waals surface area contributed by atoms with Crippen molar-refractivity contribution in [1.29, 1.82) is 0 Å². The van der Waals surface area contributed by atoms with Crippen LogP contribution in [0, 0.1) is 0 Å². The van der Waals surface area contributed by atoms with E-state index >= 15 is 0 Å². The predicted molar refractivity (Wildman–Crippen MR) is 121 cm³/mol. The Bertz CT molecular complexity index is 420. The van der Waals surface area contributed by atoms with Gasteiger partial charge in [-0.15, -0.1) is 0 Å². The number of nitrogens with one attached hydrogen (secondary N) is 1. The van der Waals surface area contributed by atoms with Crippen molar-refractivity contribution in [2.75, 3.05) is 13.2 Å². The minimum absolute atomic E-state index is 0.434. The summed E-state index contributed by atoms with van der Waals surface area (Å²) in [5, 5.41) is 42.0. The summed E-state index contributed by atoms with van der Waals surface area (Å²) in [7, 11) is 0. The molecule has 1 fully saturated rings. The molecule has 0 bridgehead atoms. The lowest BCUT2D eigenvalue weighted by atomic mass is 9.97. The maximum atomic E-state index is 10.1. The first-order valence-corrected chi connectivity index (χ1v) is 12.3. The number of unbranched alkanes of at least 4 members (excludes halogenated alkanes) is 12. The maximum absolute atomic E-state index is 10.1. The molecule has 1 unspecified atom stereocenters. The van der Waals surface area contributed by atoms with Crippen LogP contribution in [-0.2, 0) is 4.74 Å². The average molecular weight is 430 g/mol. The standard InChI is InChI=1S/C24H47NO5/c1-2-3-4-5-6-7-8-9-10-11-12-13-14-15-16-17-18-25-21-23(28)22(27)20(19-26)30-24(21)29/h9-10,20-29H,2-8,11-19H2,1H3/b10-9-/t20-,21-,22-,23-,24?/m1/s1. The van der Waals surface area contributed by atoms with Crippen molar-refractivity contribution in [3.63, 3.8) is 0 Å². The third-order valence-electron chi connectivity index (χ3n) is 5.97. The summed E-state index contributed by atoms with van der Waals surface area (Å²) < 4.78 is 5.14. The van der Waals surface area contributed by atoms with E-state index in [1.165, 1.54) is 77.0 Å². The Morgan fingerprint density at radius 2 is 1.27 bits per heavy atom. The van der Waals surface area contributed by atoms with Crippen molar-refractivity contribution in [3.8, 4) is 0 Å². The van der Waals surface area contributed by atoms with Gasteiger partial charge in [-0.05, 0) is 38.6 Å². The fourth-order valence-electron chi connectivity index (χ4n) is 3.96. The van der Waals surface area contributed by atoms with Gasteiger partial charge in [0.15, 0.2) is 6.29 Å². The number of rotatable bonds is 18. The van der Waals surface area contributed by atoms with Crippen molar-refractivity contribution in [3.05, 3.63) is 12.2 Å². The minimum atomic E-state index is -1.23. The van der Waals surface area contributed by atoms with Gasteiger partial charge in [-0.25, -0.2) is 0 Å². The number of allylic oxidation sites excluding steroid dienone is 2. The zero-order valence-electron chi connectivity index (χ0n) is 19.1. The molecule has 0 aromatic heterocycles. The molecule has 0 saturated carbocycles. The minimum Gasteiger partial charge on any atom is -0.394 e. The van der Waals surface area contributed by atoms with E-state index < -0.39 is 37.3 Å². The second kappa shape index (κ2) is 18.1. The van der Waals surface area contributed by atoms with Crippen LogP contribution in [0.5, 0.6) is 0 Å². The topological polar surface area (TPSA) is 102 Å². The average Bonchev–Trinajstić information content (AvgIpc) is 2.74. The summed E-state index contributed by atoms with van der Waals surface area (Å²) >= 11 is 0. The van der Waals surface area contributed by atoms with Crippen molar-refractivity contribution < 1.29 is 25.2 Å². The third kappa shape index (κ3) is 11.8. The summed E-state index contributed by atoms with van der Waals surface area (Å²) in [5.74, 6) is 0.